The Labute approximate surface area is 149 Å². The first-order valence-electron chi connectivity index (χ1n) is 7.99. The summed E-state index contributed by atoms with van der Waals surface area (Å²) >= 11 is 1.30. The fourth-order valence-electron chi connectivity index (χ4n) is 2.09. The number of esters is 1. The van der Waals surface area contributed by atoms with Gasteiger partial charge in [0.1, 0.15) is 5.00 Å². The first kappa shape index (κ1) is 18.9. The molecule has 9 heteroatoms. The Balaban J connectivity index is 1.99. The van der Waals surface area contributed by atoms with Gasteiger partial charge in [-0.05, 0) is 39.2 Å². The minimum absolute atomic E-state index is 0.00874. The fraction of sp³-hybridized carbons (Fsp3) is 0.500. The average molecular weight is 367 g/mol. The third-order valence-corrected chi connectivity index (χ3v) is 4.82. The molecule has 1 heterocycles. The van der Waals surface area contributed by atoms with Gasteiger partial charge < -0.3 is 15.4 Å². The molecule has 0 saturated heterocycles. The van der Waals surface area contributed by atoms with Crippen LogP contribution in [-0.4, -0.2) is 37.0 Å². The number of amides is 4. The molecule has 0 aromatic carbocycles. The van der Waals surface area contributed by atoms with E-state index in [0.29, 0.717) is 17.1 Å². The van der Waals surface area contributed by atoms with Crippen molar-refractivity contribution in [3.8, 4) is 0 Å². The number of aryl methyl sites for hydroxylation is 1. The second kappa shape index (κ2) is 8.11. The Morgan fingerprint density at radius 2 is 1.88 bits per heavy atom. The molecule has 1 fully saturated rings. The van der Waals surface area contributed by atoms with Crippen LogP contribution >= 0.6 is 11.3 Å². The normalized spacial score (nSPS) is 13.1. The highest BCUT2D eigenvalue weighted by molar-refractivity contribution is 7.16. The van der Waals surface area contributed by atoms with E-state index in [2.05, 4.69) is 10.6 Å². The number of nitrogens with one attached hydrogen (secondary N) is 3. The maximum absolute atomic E-state index is 12.3. The number of hydrogen-bond donors (Lipinski definition) is 3. The first-order chi connectivity index (χ1) is 11.8. The van der Waals surface area contributed by atoms with Crippen molar-refractivity contribution in [1.82, 2.24) is 10.6 Å². The highest BCUT2D eigenvalue weighted by atomic mass is 32.1. The van der Waals surface area contributed by atoms with Gasteiger partial charge in [-0.3, -0.25) is 14.9 Å². The summed E-state index contributed by atoms with van der Waals surface area (Å²) in [5.41, 5.74) is 0.951. The molecule has 25 heavy (non-hydrogen) atoms. The van der Waals surface area contributed by atoms with Crippen LogP contribution in [0, 0.1) is 19.8 Å². The predicted octanol–water partition coefficient (Wildman–Crippen LogP) is 1.72. The van der Waals surface area contributed by atoms with Crippen molar-refractivity contribution in [2.24, 2.45) is 5.92 Å². The highest BCUT2D eigenvalue weighted by Gasteiger charge is 2.31. The lowest BCUT2D eigenvalue weighted by molar-refractivity contribution is -0.123. The number of carbonyl (C=O) groups excluding carboxylic acids is 4. The van der Waals surface area contributed by atoms with Crippen molar-refractivity contribution in [1.29, 1.82) is 0 Å². The quantitative estimate of drug-likeness (QED) is 0.663. The Morgan fingerprint density at radius 1 is 1.20 bits per heavy atom. The maximum atomic E-state index is 12.3. The monoisotopic (exact) mass is 367 g/mol. The molecule has 1 aliphatic rings. The molecular weight excluding hydrogens is 346 g/mol. The van der Waals surface area contributed by atoms with E-state index >= 15 is 0 Å². The Morgan fingerprint density at radius 3 is 2.48 bits per heavy atom. The molecule has 3 N–H and O–H groups in total. The second-order valence-corrected chi connectivity index (χ2v) is 6.96. The molecule has 0 unspecified atom stereocenters. The smallest absolute Gasteiger partial charge is 0.341 e. The van der Waals surface area contributed by atoms with Crippen LogP contribution in [0.15, 0.2) is 0 Å². The Bertz CT molecular complexity index is 709. The molecule has 0 spiro atoms. The van der Waals surface area contributed by atoms with Crippen LogP contribution in [0.25, 0.3) is 0 Å². The lowest BCUT2D eigenvalue weighted by atomic mass is 10.1. The summed E-state index contributed by atoms with van der Waals surface area (Å²) in [4.78, 5) is 48.0. The highest BCUT2D eigenvalue weighted by Crippen LogP contribution is 2.36. The van der Waals surface area contributed by atoms with E-state index in [1.807, 2.05) is 12.2 Å². The van der Waals surface area contributed by atoms with E-state index in [1.165, 1.54) is 11.3 Å². The number of hydrogen-bond acceptors (Lipinski definition) is 6. The van der Waals surface area contributed by atoms with E-state index in [1.54, 1.807) is 13.8 Å². The van der Waals surface area contributed by atoms with Crippen molar-refractivity contribution in [2.45, 2.75) is 33.6 Å². The van der Waals surface area contributed by atoms with E-state index in [9.17, 15) is 19.2 Å². The van der Waals surface area contributed by atoms with E-state index in [0.717, 1.165) is 17.7 Å². The van der Waals surface area contributed by atoms with E-state index in [4.69, 9.17) is 4.74 Å². The number of carbonyl (C=O) groups is 4. The zero-order valence-corrected chi connectivity index (χ0v) is 15.2. The Kier molecular flexibility index (Phi) is 6.13. The van der Waals surface area contributed by atoms with Gasteiger partial charge in [0.05, 0.1) is 5.56 Å². The predicted molar refractivity (Wildman–Crippen MR) is 92.6 cm³/mol. The van der Waals surface area contributed by atoms with Crippen molar-refractivity contribution in [3.05, 3.63) is 16.0 Å². The molecule has 4 amide bonds. The number of imide groups is 1. The molecule has 1 aliphatic carbocycles. The molecule has 136 valence electrons. The standard InChI is InChI=1S/C16H21N3O5S/c1-4-17-16(23)18-11(20)7-24-15(22)12-8(2)9(3)25-14(12)19-13(21)10-5-6-10/h10H,4-7H2,1-3H3,(H,19,21)(H2,17,18,20,23). The van der Waals surface area contributed by atoms with Gasteiger partial charge in [0.15, 0.2) is 6.61 Å². The SMILES string of the molecule is CCNC(=O)NC(=O)COC(=O)c1c(NC(=O)C2CC2)sc(C)c1C. The van der Waals surface area contributed by atoms with Crippen LogP contribution in [0.5, 0.6) is 0 Å². The van der Waals surface area contributed by atoms with Gasteiger partial charge in [-0.25, -0.2) is 9.59 Å². The molecular formula is C16H21N3O5S. The van der Waals surface area contributed by atoms with Crippen molar-refractivity contribution < 1.29 is 23.9 Å². The van der Waals surface area contributed by atoms with Crippen LogP contribution in [0.1, 0.15) is 40.6 Å². The topological polar surface area (TPSA) is 114 Å². The third-order valence-electron chi connectivity index (χ3n) is 3.70. The molecule has 1 aromatic heterocycles. The lowest BCUT2D eigenvalue weighted by Gasteiger charge is -2.08. The number of anilines is 1. The first-order valence-corrected chi connectivity index (χ1v) is 8.80. The summed E-state index contributed by atoms with van der Waals surface area (Å²) in [5, 5.41) is 7.64. The molecule has 1 saturated carbocycles. The molecule has 0 radical (unpaired) electrons. The summed E-state index contributed by atoms with van der Waals surface area (Å²) in [6.07, 6.45) is 1.71. The summed E-state index contributed by atoms with van der Waals surface area (Å²) in [6.45, 7) is 5.09. The summed E-state index contributed by atoms with van der Waals surface area (Å²) in [7, 11) is 0. The Hall–Kier alpha value is -2.42. The number of ether oxygens (including phenoxy) is 1. The maximum Gasteiger partial charge on any atom is 0.341 e. The summed E-state index contributed by atoms with van der Waals surface area (Å²) < 4.78 is 4.99. The largest absolute Gasteiger partial charge is 0.452 e. The van der Waals surface area contributed by atoms with E-state index in [-0.39, 0.29) is 17.4 Å². The van der Waals surface area contributed by atoms with Gasteiger partial charge in [0.2, 0.25) is 5.91 Å². The summed E-state index contributed by atoms with van der Waals surface area (Å²) in [6, 6.07) is -0.650. The fourth-order valence-corrected chi connectivity index (χ4v) is 3.14. The van der Waals surface area contributed by atoms with Crippen molar-refractivity contribution >= 4 is 40.2 Å². The van der Waals surface area contributed by atoms with Gasteiger partial charge in [-0.1, -0.05) is 0 Å². The minimum atomic E-state index is -0.729. The van der Waals surface area contributed by atoms with Gasteiger partial charge in [-0.2, -0.15) is 0 Å². The number of thiophene rings is 1. The lowest BCUT2D eigenvalue weighted by Crippen LogP contribution is -2.41. The van der Waals surface area contributed by atoms with Crippen LogP contribution in [0.4, 0.5) is 9.80 Å². The number of rotatable bonds is 6. The van der Waals surface area contributed by atoms with Gasteiger partial charge in [-0.15, -0.1) is 11.3 Å². The average Bonchev–Trinajstić information content (AvgIpc) is 3.34. The van der Waals surface area contributed by atoms with E-state index < -0.39 is 24.5 Å². The zero-order valence-electron chi connectivity index (χ0n) is 14.4. The number of urea groups is 1. The van der Waals surface area contributed by atoms with Crippen molar-refractivity contribution in [2.75, 3.05) is 18.5 Å². The van der Waals surface area contributed by atoms with Gasteiger partial charge >= 0.3 is 12.0 Å². The van der Waals surface area contributed by atoms with Gasteiger partial charge in [0.25, 0.3) is 5.91 Å². The molecule has 0 atom stereocenters. The molecule has 2 rings (SSSR count). The minimum Gasteiger partial charge on any atom is -0.452 e. The van der Waals surface area contributed by atoms with Crippen LogP contribution in [-0.2, 0) is 14.3 Å². The molecule has 1 aromatic rings. The van der Waals surface area contributed by atoms with Crippen molar-refractivity contribution in [3.63, 3.8) is 0 Å². The van der Waals surface area contributed by atoms with Crippen LogP contribution in [0.2, 0.25) is 0 Å². The van der Waals surface area contributed by atoms with Gasteiger partial charge in [0, 0.05) is 17.3 Å². The summed E-state index contributed by atoms with van der Waals surface area (Å²) in [5.74, 6) is -1.54. The van der Waals surface area contributed by atoms with Crippen LogP contribution < -0.4 is 16.0 Å². The molecule has 0 aliphatic heterocycles. The second-order valence-electron chi connectivity index (χ2n) is 5.73. The third kappa shape index (κ3) is 5.02. The molecule has 8 nitrogen and oxygen atoms in total. The van der Waals surface area contributed by atoms with Crippen LogP contribution in [0.3, 0.4) is 0 Å². The zero-order chi connectivity index (χ0) is 18.6. The molecule has 0 bridgehead atoms.